The van der Waals surface area contributed by atoms with Crippen molar-refractivity contribution in [3.05, 3.63) is 29.8 Å². The van der Waals surface area contributed by atoms with Crippen molar-refractivity contribution in [3.8, 4) is 5.75 Å². The minimum Gasteiger partial charge on any atom is -0.463 e. The number of aliphatic hydroxyl groups excluding tert-OH is 3. The molecule has 0 unspecified atom stereocenters. The van der Waals surface area contributed by atoms with Gasteiger partial charge in [0, 0.05) is 6.92 Å². The van der Waals surface area contributed by atoms with Crippen LogP contribution in [0.15, 0.2) is 24.3 Å². The SMILES string of the molecule is CC(=O)N[C@H]1[C@H](Oc2ccc(C)cc2)O[C@@H](CO)[C@@H](O)[C@H]1O. The van der Waals surface area contributed by atoms with E-state index in [0.717, 1.165) is 5.56 Å². The Balaban J connectivity index is 2.18. The van der Waals surface area contributed by atoms with Gasteiger partial charge in [0.2, 0.25) is 12.2 Å². The average Bonchev–Trinajstić information content (AvgIpc) is 2.48. The van der Waals surface area contributed by atoms with E-state index in [1.807, 2.05) is 19.1 Å². The van der Waals surface area contributed by atoms with Gasteiger partial charge in [-0.2, -0.15) is 0 Å². The molecule has 1 aliphatic rings. The summed E-state index contributed by atoms with van der Waals surface area (Å²) in [6.07, 6.45) is -4.65. The Labute approximate surface area is 128 Å². The Morgan fingerprint density at radius 2 is 1.91 bits per heavy atom. The Morgan fingerprint density at radius 1 is 1.27 bits per heavy atom. The van der Waals surface area contributed by atoms with Crippen LogP contribution in [0.2, 0.25) is 0 Å². The van der Waals surface area contributed by atoms with Gasteiger partial charge in [-0.3, -0.25) is 4.79 Å². The Morgan fingerprint density at radius 3 is 2.45 bits per heavy atom. The van der Waals surface area contributed by atoms with Gasteiger partial charge >= 0.3 is 0 Å². The molecule has 1 aromatic carbocycles. The lowest BCUT2D eigenvalue weighted by atomic mass is 9.97. The molecule has 1 amide bonds. The lowest BCUT2D eigenvalue weighted by Crippen LogP contribution is -2.65. The second-order valence-corrected chi connectivity index (χ2v) is 5.36. The van der Waals surface area contributed by atoms with Crippen molar-refractivity contribution in [1.82, 2.24) is 5.32 Å². The zero-order valence-electron chi connectivity index (χ0n) is 12.5. The van der Waals surface area contributed by atoms with E-state index in [-0.39, 0.29) is 5.91 Å². The number of amides is 1. The number of carbonyl (C=O) groups is 1. The van der Waals surface area contributed by atoms with Crippen molar-refractivity contribution in [2.45, 2.75) is 44.5 Å². The number of hydrogen-bond acceptors (Lipinski definition) is 6. The fourth-order valence-electron chi connectivity index (χ4n) is 2.32. The van der Waals surface area contributed by atoms with E-state index in [2.05, 4.69) is 5.32 Å². The van der Waals surface area contributed by atoms with Gasteiger partial charge in [-0.05, 0) is 19.1 Å². The standard InChI is InChI=1S/C15H21NO6/c1-8-3-5-10(6-4-8)21-15-12(16-9(2)18)14(20)13(19)11(7-17)22-15/h3-6,11-15,17,19-20H,7H2,1-2H3,(H,16,18)/t11-,12+,13+,14-,15+/m0/s1. The molecule has 0 saturated carbocycles. The van der Waals surface area contributed by atoms with E-state index in [0.29, 0.717) is 5.75 Å². The summed E-state index contributed by atoms with van der Waals surface area (Å²) in [7, 11) is 0. The molecule has 5 atom stereocenters. The molecule has 22 heavy (non-hydrogen) atoms. The van der Waals surface area contributed by atoms with Crippen LogP contribution >= 0.6 is 0 Å². The maximum atomic E-state index is 11.3. The molecular weight excluding hydrogens is 290 g/mol. The highest BCUT2D eigenvalue weighted by Gasteiger charge is 2.46. The quantitative estimate of drug-likeness (QED) is 0.587. The van der Waals surface area contributed by atoms with E-state index in [1.54, 1.807) is 12.1 Å². The maximum absolute atomic E-state index is 11.3. The minimum atomic E-state index is -1.32. The molecule has 0 bridgehead atoms. The van der Waals surface area contributed by atoms with E-state index >= 15 is 0 Å². The first-order valence-corrected chi connectivity index (χ1v) is 7.05. The number of ether oxygens (including phenoxy) is 2. The largest absolute Gasteiger partial charge is 0.463 e. The molecule has 0 spiro atoms. The van der Waals surface area contributed by atoms with Gasteiger partial charge in [0.1, 0.15) is 30.1 Å². The van der Waals surface area contributed by atoms with Crippen LogP contribution < -0.4 is 10.1 Å². The summed E-state index contributed by atoms with van der Waals surface area (Å²) in [5.74, 6) is 0.103. The molecule has 7 nitrogen and oxygen atoms in total. The van der Waals surface area contributed by atoms with Crippen LogP contribution in [0.25, 0.3) is 0 Å². The molecule has 0 radical (unpaired) electrons. The Hall–Kier alpha value is -1.67. The molecule has 122 valence electrons. The lowest BCUT2D eigenvalue weighted by Gasteiger charge is -2.42. The number of aryl methyl sites for hydroxylation is 1. The van der Waals surface area contributed by atoms with Gasteiger partial charge < -0.3 is 30.1 Å². The smallest absolute Gasteiger partial charge is 0.223 e. The molecule has 0 aromatic heterocycles. The molecule has 1 aliphatic heterocycles. The normalized spacial score (nSPS) is 31.6. The zero-order chi connectivity index (χ0) is 16.3. The van der Waals surface area contributed by atoms with Gasteiger partial charge in [0.15, 0.2) is 0 Å². The van der Waals surface area contributed by atoms with Crippen LogP contribution in [0.4, 0.5) is 0 Å². The van der Waals surface area contributed by atoms with Crippen molar-refractivity contribution in [2.75, 3.05) is 6.61 Å². The first-order chi connectivity index (χ1) is 10.4. The van der Waals surface area contributed by atoms with Gasteiger partial charge in [0.25, 0.3) is 0 Å². The third-order valence-corrected chi connectivity index (χ3v) is 3.52. The second-order valence-electron chi connectivity index (χ2n) is 5.36. The molecule has 0 aliphatic carbocycles. The molecule has 2 rings (SSSR count). The monoisotopic (exact) mass is 311 g/mol. The predicted octanol–water partition coefficient (Wildman–Crippen LogP) is -0.682. The third-order valence-electron chi connectivity index (χ3n) is 3.52. The first kappa shape index (κ1) is 16.7. The number of benzene rings is 1. The van der Waals surface area contributed by atoms with E-state index in [1.165, 1.54) is 6.92 Å². The van der Waals surface area contributed by atoms with E-state index in [9.17, 15) is 20.1 Å². The lowest BCUT2D eigenvalue weighted by molar-refractivity contribution is -0.244. The van der Waals surface area contributed by atoms with Crippen LogP contribution in [0, 0.1) is 6.92 Å². The van der Waals surface area contributed by atoms with Crippen molar-refractivity contribution < 1.29 is 29.6 Å². The van der Waals surface area contributed by atoms with Crippen LogP contribution in [-0.2, 0) is 9.53 Å². The summed E-state index contributed by atoms with van der Waals surface area (Å²) >= 11 is 0. The highest BCUT2D eigenvalue weighted by molar-refractivity contribution is 5.73. The summed E-state index contributed by atoms with van der Waals surface area (Å²) < 4.78 is 11.1. The molecule has 1 saturated heterocycles. The maximum Gasteiger partial charge on any atom is 0.223 e. The molecule has 1 aromatic rings. The number of rotatable bonds is 4. The van der Waals surface area contributed by atoms with E-state index in [4.69, 9.17) is 9.47 Å². The summed E-state index contributed by atoms with van der Waals surface area (Å²) in [5, 5.41) is 31.8. The predicted molar refractivity (Wildman–Crippen MR) is 77.2 cm³/mol. The number of carbonyl (C=O) groups excluding carboxylic acids is 1. The van der Waals surface area contributed by atoms with Crippen molar-refractivity contribution >= 4 is 5.91 Å². The summed E-state index contributed by atoms with van der Waals surface area (Å²) in [5.41, 5.74) is 1.05. The van der Waals surface area contributed by atoms with Crippen molar-refractivity contribution in [3.63, 3.8) is 0 Å². The summed E-state index contributed by atoms with van der Waals surface area (Å²) in [6.45, 7) is 2.75. The third kappa shape index (κ3) is 3.75. The highest BCUT2D eigenvalue weighted by Crippen LogP contribution is 2.24. The number of aliphatic hydroxyl groups is 3. The molecule has 4 N–H and O–H groups in total. The van der Waals surface area contributed by atoms with Crippen molar-refractivity contribution in [1.29, 1.82) is 0 Å². The number of hydrogen-bond donors (Lipinski definition) is 4. The van der Waals surface area contributed by atoms with Crippen molar-refractivity contribution in [2.24, 2.45) is 0 Å². The van der Waals surface area contributed by atoms with E-state index < -0.39 is 37.3 Å². The van der Waals surface area contributed by atoms with Gasteiger partial charge in [-0.15, -0.1) is 0 Å². The highest BCUT2D eigenvalue weighted by atomic mass is 16.7. The molecular formula is C15H21NO6. The zero-order valence-corrected chi connectivity index (χ0v) is 12.5. The summed E-state index contributed by atoms with van der Waals surface area (Å²) in [6, 6.07) is 6.21. The van der Waals surface area contributed by atoms with Crippen LogP contribution in [-0.4, -0.2) is 58.5 Å². The molecule has 7 heteroatoms. The fraction of sp³-hybridized carbons (Fsp3) is 0.533. The Kier molecular flexibility index (Phi) is 5.36. The molecule has 1 heterocycles. The minimum absolute atomic E-state index is 0.389. The van der Waals surface area contributed by atoms with Gasteiger partial charge in [-0.1, -0.05) is 17.7 Å². The second kappa shape index (κ2) is 7.06. The topological polar surface area (TPSA) is 108 Å². The van der Waals surface area contributed by atoms with Crippen LogP contribution in [0.5, 0.6) is 5.75 Å². The van der Waals surface area contributed by atoms with Crippen LogP contribution in [0.1, 0.15) is 12.5 Å². The number of nitrogens with one attached hydrogen (secondary N) is 1. The fourth-order valence-corrected chi connectivity index (χ4v) is 2.32. The average molecular weight is 311 g/mol. The molecule has 1 fully saturated rings. The first-order valence-electron chi connectivity index (χ1n) is 7.05. The van der Waals surface area contributed by atoms with Crippen LogP contribution in [0.3, 0.4) is 0 Å². The Bertz CT molecular complexity index is 505. The van der Waals surface area contributed by atoms with Gasteiger partial charge in [0.05, 0.1) is 6.61 Å². The van der Waals surface area contributed by atoms with Gasteiger partial charge in [-0.25, -0.2) is 0 Å². The summed E-state index contributed by atoms with van der Waals surface area (Å²) in [4.78, 5) is 11.3.